The molecule has 6 heteroatoms. The second-order valence-corrected chi connectivity index (χ2v) is 7.91. The van der Waals surface area contributed by atoms with Crippen molar-refractivity contribution in [3.05, 3.63) is 86.4 Å². The van der Waals surface area contributed by atoms with Crippen LogP contribution in [0.5, 0.6) is 11.5 Å². The Hall–Kier alpha value is -2.07. The number of ether oxygens (including phenoxy) is 2. The van der Waals surface area contributed by atoms with E-state index in [1.807, 2.05) is 43.3 Å². The largest absolute Gasteiger partial charge is 0.490 e. The van der Waals surface area contributed by atoms with E-state index in [4.69, 9.17) is 44.3 Å². The predicted octanol–water partition coefficient (Wildman–Crippen LogP) is 7.55. The van der Waals surface area contributed by atoms with Crippen LogP contribution in [-0.2, 0) is 13.2 Å². The minimum absolute atomic E-state index is 0.417. The molecule has 0 aliphatic rings. The maximum absolute atomic E-state index is 6.52. The first kappa shape index (κ1) is 21.6. The lowest BCUT2D eigenvalue weighted by Crippen LogP contribution is -2.04. The molecule has 0 spiro atoms. The topological polar surface area (TPSA) is 30.5 Å². The summed E-state index contributed by atoms with van der Waals surface area (Å²) < 4.78 is 11.8. The average molecular weight is 451 g/mol. The van der Waals surface area contributed by atoms with E-state index in [2.05, 4.69) is 24.4 Å². The second kappa shape index (κ2) is 10.1. The first-order valence-corrected chi connectivity index (χ1v) is 10.4. The van der Waals surface area contributed by atoms with Gasteiger partial charge in [0, 0.05) is 22.3 Å². The van der Waals surface area contributed by atoms with Crippen LogP contribution >= 0.6 is 34.8 Å². The molecule has 0 aliphatic carbocycles. The molecule has 3 rings (SSSR count). The van der Waals surface area contributed by atoms with Crippen molar-refractivity contribution in [2.75, 3.05) is 11.9 Å². The van der Waals surface area contributed by atoms with Crippen molar-refractivity contribution in [3.63, 3.8) is 0 Å². The van der Waals surface area contributed by atoms with Crippen molar-refractivity contribution in [1.82, 2.24) is 0 Å². The van der Waals surface area contributed by atoms with E-state index in [1.54, 1.807) is 6.07 Å². The Balaban J connectivity index is 1.76. The van der Waals surface area contributed by atoms with Gasteiger partial charge >= 0.3 is 0 Å². The lowest BCUT2D eigenvalue weighted by molar-refractivity contribution is 0.269. The summed E-state index contributed by atoms with van der Waals surface area (Å²) >= 11 is 18.6. The van der Waals surface area contributed by atoms with Gasteiger partial charge in [0.1, 0.15) is 6.61 Å². The summed E-state index contributed by atoms with van der Waals surface area (Å²) in [6.07, 6.45) is 0. The minimum Gasteiger partial charge on any atom is -0.490 e. The maximum Gasteiger partial charge on any atom is 0.180 e. The summed E-state index contributed by atoms with van der Waals surface area (Å²) in [7, 11) is 0. The molecule has 0 saturated carbocycles. The van der Waals surface area contributed by atoms with E-state index in [0.717, 1.165) is 16.8 Å². The quantitative estimate of drug-likeness (QED) is 0.384. The van der Waals surface area contributed by atoms with Gasteiger partial charge in [-0.1, -0.05) is 64.6 Å². The SMILES string of the molecule is CCOc1cc(CNc2cc(Cl)cc(Cl)c2)cc(Cl)c1OCc1cccc(C)c1. The van der Waals surface area contributed by atoms with Crippen LogP contribution in [0.4, 0.5) is 5.69 Å². The number of rotatable bonds is 8. The Bertz CT molecular complexity index is 972. The zero-order chi connectivity index (χ0) is 20.8. The molecular formula is C23H22Cl3NO2. The molecular weight excluding hydrogens is 429 g/mol. The van der Waals surface area contributed by atoms with Gasteiger partial charge < -0.3 is 14.8 Å². The molecule has 152 valence electrons. The van der Waals surface area contributed by atoms with E-state index in [-0.39, 0.29) is 0 Å². The van der Waals surface area contributed by atoms with Gasteiger partial charge in [0.25, 0.3) is 0 Å². The molecule has 3 aromatic carbocycles. The van der Waals surface area contributed by atoms with Gasteiger partial charge in [0.05, 0.1) is 11.6 Å². The summed E-state index contributed by atoms with van der Waals surface area (Å²) in [6, 6.07) is 17.3. The van der Waals surface area contributed by atoms with E-state index >= 15 is 0 Å². The molecule has 0 amide bonds. The Morgan fingerprint density at radius 3 is 2.31 bits per heavy atom. The fourth-order valence-corrected chi connectivity index (χ4v) is 3.76. The fraction of sp³-hybridized carbons (Fsp3) is 0.217. The van der Waals surface area contributed by atoms with Gasteiger partial charge in [-0.3, -0.25) is 0 Å². The second-order valence-electron chi connectivity index (χ2n) is 6.63. The molecule has 0 heterocycles. The summed E-state index contributed by atoms with van der Waals surface area (Å²) in [5.74, 6) is 1.16. The molecule has 0 aromatic heterocycles. The number of hydrogen-bond donors (Lipinski definition) is 1. The molecule has 3 nitrogen and oxygen atoms in total. The highest BCUT2D eigenvalue weighted by molar-refractivity contribution is 6.35. The Labute approximate surface area is 186 Å². The molecule has 29 heavy (non-hydrogen) atoms. The molecule has 0 saturated heterocycles. The van der Waals surface area contributed by atoms with Crippen LogP contribution in [0, 0.1) is 6.92 Å². The predicted molar refractivity (Wildman–Crippen MR) is 122 cm³/mol. The summed E-state index contributed by atoms with van der Waals surface area (Å²) in [5, 5.41) is 4.96. The third kappa shape index (κ3) is 6.20. The van der Waals surface area contributed by atoms with Crippen LogP contribution in [0.2, 0.25) is 15.1 Å². The molecule has 0 unspecified atom stereocenters. The fourth-order valence-electron chi connectivity index (χ4n) is 2.94. The highest BCUT2D eigenvalue weighted by atomic mass is 35.5. The summed E-state index contributed by atoms with van der Waals surface area (Å²) in [4.78, 5) is 0. The van der Waals surface area contributed by atoms with Crippen molar-refractivity contribution in [2.24, 2.45) is 0 Å². The van der Waals surface area contributed by atoms with Crippen LogP contribution in [0.1, 0.15) is 23.6 Å². The number of aryl methyl sites for hydroxylation is 1. The Morgan fingerprint density at radius 1 is 0.862 bits per heavy atom. The van der Waals surface area contributed by atoms with E-state index in [0.29, 0.717) is 46.3 Å². The van der Waals surface area contributed by atoms with E-state index < -0.39 is 0 Å². The van der Waals surface area contributed by atoms with Crippen molar-refractivity contribution in [2.45, 2.75) is 27.0 Å². The molecule has 0 fully saturated rings. The molecule has 0 atom stereocenters. The smallest absolute Gasteiger partial charge is 0.180 e. The van der Waals surface area contributed by atoms with Crippen molar-refractivity contribution in [1.29, 1.82) is 0 Å². The van der Waals surface area contributed by atoms with Gasteiger partial charge in [-0.2, -0.15) is 0 Å². The van der Waals surface area contributed by atoms with Crippen LogP contribution < -0.4 is 14.8 Å². The van der Waals surface area contributed by atoms with Crippen molar-refractivity contribution < 1.29 is 9.47 Å². The first-order valence-electron chi connectivity index (χ1n) is 9.28. The molecule has 1 N–H and O–H groups in total. The van der Waals surface area contributed by atoms with Crippen molar-refractivity contribution in [3.8, 4) is 11.5 Å². The maximum atomic E-state index is 6.52. The summed E-state index contributed by atoms with van der Waals surface area (Å²) in [5.41, 5.74) is 4.05. The van der Waals surface area contributed by atoms with Crippen LogP contribution in [-0.4, -0.2) is 6.61 Å². The van der Waals surface area contributed by atoms with Gasteiger partial charge in [-0.05, 0) is 55.3 Å². The average Bonchev–Trinajstić information content (AvgIpc) is 2.65. The first-order chi connectivity index (χ1) is 13.9. The molecule has 0 radical (unpaired) electrons. The monoisotopic (exact) mass is 449 g/mol. The normalized spacial score (nSPS) is 10.7. The number of halogens is 3. The lowest BCUT2D eigenvalue weighted by atomic mass is 10.1. The third-order valence-corrected chi connectivity index (χ3v) is 4.91. The number of benzene rings is 3. The Morgan fingerprint density at radius 2 is 1.62 bits per heavy atom. The zero-order valence-corrected chi connectivity index (χ0v) is 18.5. The van der Waals surface area contributed by atoms with Gasteiger partial charge in [-0.25, -0.2) is 0 Å². The lowest BCUT2D eigenvalue weighted by Gasteiger charge is -2.16. The number of hydrogen-bond acceptors (Lipinski definition) is 3. The van der Waals surface area contributed by atoms with E-state index in [9.17, 15) is 0 Å². The highest BCUT2D eigenvalue weighted by Gasteiger charge is 2.13. The van der Waals surface area contributed by atoms with Crippen LogP contribution in [0.15, 0.2) is 54.6 Å². The van der Waals surface area contributed by atoms with Crippen LogP contribution in [0.3, 0.4) is 0 Å². The zero-order valence-electron chi connectivity index (χ0n) is 16.3. The van der Waals surface area contributed by atoms with Crippen LogP contribution in [0.25, 0.3) is 0 Å². The number of anilines is 1. The molecule has 3 aromatic rings. The minimum atomic E-state index is 0.417. The third-order valence-electron chi connectivity index (χ3n) is 4.19. The standard InChI is InChI=1S/C23H22Cl3NO2/c1-3-28-22-9-17(13-27-20-11-18(24)10-19(25)12-20)8-21(26)23(22)29-14-16-6-4-5-15(2)7-16/h4-12,27H,3,13-14H2,1-2H3. The molecule has 0 aliphatic heterocycles. The van der Waals surface area contributed by atoms with Gasteiger partial charge in [0.2, 0.25) is 0 Å². The number of nitrogens with one attached hydrogen (secondary N) is 1. The van der Waals surface area contributed by atoms with Gasteiger partial charge in [0.15, 0.2) is 11.5 Å². The van der Waals surface area contributed by atoms with Crippen molar-refractivity contribution >= 4 is 40.5 Å². The van der Waals surface area contributed by atoms with Gasteiger partial charge in [-0.15, -0.1) is 0 Å². The summed E-state index contributed by atoms with van der Waals surface area (Å²) in [6.45, 7) is 5.45. The molecule has 0 bridgehead atoms. The Kier molecular flexibility index (Phi) is 7.54. The van der Waals surface area contributed by atoms with E-state index in [1.165, 1.54) is 5.56 Å². The highest BCUT2D eigenvalue weighted by Crippen LogP contribution is 2.37.